The molecule has 0 atom stereocenters. The molecule has 0 nitrogen and oxygen atoms in total. The van der Waals surface area contributed by atoms with Gasteiger partial charge < -0.3 is 0 Å². The third-order valence-electron chi connectivity index (χ3n) is 1.06. The van der Waals surface area contributed by atoms with Gasteiger partial charge in [-0.25, -0.2) is 4.39 Å². The molecule has 1 aromatic rings. The van der Waals surface area contributed by atoms with Crippen molar-refractivity contribution >= 4 is 11.6 Å². The minimum absolute atomic E-state index is 0.264. The summed E-state index contributed by atoms with van der Waals surface area (Å²) in [5.41, 5.74) is 0.554. The van der Waals surface area contributed by atoms with E-state index in [1.54, 1.807) is 6.92 Å². The van der Waals surface area contributed by atoms with E-state index in [9.17, 15) is 4.39 Å². The lowest BCUT2D eigenvalue weighted by Gasteiger charge is -1.92. The van der Waals surface area contributed by atoms with Crippen LogP contribution >= 0.6 is 11.6 Å². The molecule has 1 aromatic carbocycles. The summed E-state index contributed by atoms with van der Waals surface area (Å²) in [5, 5.41) is 0.453. The summed E-state index contributed by atoms with van der Waals surface area (Å²) in [7, 11) is 0. The zero-order chi connectivity index (χ0) is 6.85. The topological polar surface area (TPSA) is 0 Å². The minimum Gasteiger partial charge on any atom is -0.207 e. The lowest BCUT2D eigenvalue weighted by atomic mass is 10.2. The van der Waals surface area contributed by atoms with Gasteiger partial charge in [-0.15, -0.1) is 0 Å². The van der Waals surface area contributed by atoms with E-state index < -0.39 is 0 Å². The van der Waals surface area contributed by atoms with Crippen LogP contribution in [0.3, 0.4) is 0 Å². The van der Waals surface area contributed by atoms with E-state index in [2.05, 4.69) is 6.07 Å². The fraction of sp³-hybridized carbons (Fsp3) is 0.143. The van der Waals surface area contributed by atoms with Crippen molar-refractivity contribution in [1.82, 2.24) is 0 Å². The molecule has 0 aliphatic heterocycles. The third kappa shape index (κ3) is 1.42. The van der Waals surface area contributed by atoms with Gasteiger partial charge in [-0.3, -0.25) is 0 Å². The van der Waals surface area contributed by atoms with Gasteiger partial charge in [-0.05, 0) is 24.6 Å². The third-order valence-corrected chi connectivity index (χ3v) is 1.27. The summed E-state index contributed by atoms with van der Waals surface area (Å²) in [5.74, 6) is -0.264. The Morgan fingerprint density at radius 2 is 2.33 bits per heavy atom. The van der Waals surface area contributed by atoms with Crippen molar-refractivity contribution in [3.05, 3.63) is 34.6 Å². The van der Waals surface area contributed by atoms with Gasteiger partial charge in [0.25, 0.3) is 0 Å². The van der Waals surface area contributed by atoms with E-state index in [1.807, 2.05) is 0 Å². The van der Waals surface area contributed by atoms with Gasteiger partial charge in [0.05, 0.1) is 0 Å². The maximum Gasteiger partial charge on any atom is 0.126 e. The standard InChI is InChI=1S/C7H5ClF/c1-5-4-6(8)2-3-7(5)9/h3-4H,1H3. The quantitative estimate of drug-likeness (QED) is 0.524. The SMILES string of the molecule is Cc1cc(Cl)[c]cc1F. The Kier molecular flexibility index (Phi) is 1.72. The first-order valence-corrected chi connectivity index (χ1v) is 2.91. The van der Waals surface area contributed by atoms with Crippen LogP contribution in [-0.4, -0.2) is 0 Å². The number of hydrogen-bond donors (Lipinski definition) is 0. The molecular formula is C7H5ClF. The zero-order valence-electron chi connectivity index (χ0n) is 4.91. The van der Waals surface area contributed by atoms with Gasteiger partial charge in [-0.1, -0.05) is 11.6 Å². The van der Waals surface area contributed by atoms with Crippen molar-refractivity contribution in [3.8, 4) is 0 Å². The molecule has 0 aliphatic carbocycles. The Balaban J connectivity index is 3.17. The second-order valence-electron chi connectivity index (χ2n) is 1.81. The summed E-state index contributed by atoms with van der Waals surface area (Å²) in [6.07, 6.45) is 0. The highest BCUT2D eigenvalue weighted by molar-refractivity contribution is 6.30. The lowest BCUT2D eigenvalue weighted by molar-refractivity contribution is 0.618. The first kappa shape index (κ1) is 6.56. The van der Waals surface area contributed by atoms with E-state index in [0.717, 1.165) is 0 Å². The van der Waals surface area contributed by atoms with Gasteiger partial charge in [0.1, 0.15) is 5.82 Å². The van der Waals surface area contributed by atoms with Gasteiger partial charge in [-0.2, -0.15) is 0 Å². The van der Waals surface area contributed by atoms with Crippen LogP contribution in [0.5, 0.6) is 0 Å². The molecule has 0 saturated heterocycles. The average molecular weight is 144 g/mol. The molecule has 0 saturated carbocycles. The number of benzene rings is 1. The largest absolute Gasteiger partial charge is 0.207 e. The number of rotatable bonds is 0. The van der Waals surface area contributed by atoms with Crippen LogP contribution < -0.4 is 0 Å². The van der Waals surface area contributed by atoms with E-state index in [1.165, 1.54) is 12.1 Å². The van der Waals surface area contributed by atoms with Crippen LogP contribution in [0.15, 0.2) is 12.1 Å². The fourth-order valence-electron chi connectivity index (χ4n) is 0.547. The molecule has 0 unspecified atom stereocenters. The van der Waals surface area contributed by atoms with Gasteiger partial charge in [0.15, 0.2) is 0 Å². The molecule has 0 N–H and O–H groups in total. The van der Waals surface area contributed by atoms with Crippen molar-refractivity contribution < 1.29 is 4.39 Å². The monoisotopic (exact) mass is 143 g/mol. The highest BCUT2D eigenvalue weighted by atomic mass is 35.5. The Morgan fingerprint density at radius 3 is 2.78 bits per heavy atom. The second kappa shape index (κ2) is 2.36. The second-order valence-corrected chi connectivity index (χ2v) is 2.22. The predicted molar refractivity (Wildman–Crippen MR) is 35.0 cm³/mol. The van der Waals surface area contributed by atoms with E-state index in [0.29, 0.717) is 10.6 Å². The lowest BCUT2D eigenvalue weighted by Crippen LogP contribution is -1.79. The van der Waals surface area contributed by atoms with E-state index in [4.69, 9.17) is 11.6 Å². The molecule has 9 heavy (non-hydrogen) atoms. The summed E-state index contributed by atoms with van der Waals surface area (Å²) in [4.78, 5) is 0. The fourth-order valence-corrected chi connectivity index (χ4v) is 0.765. The summed E-state index contributed by atoms with van der Waals surface area (Å²) >= 11 is 5.49. The molecule has 0 amide bonds. The van der Waals surface area contributed by atoms with Crippen LogP contribution in [0.25, 0.3) is 0 Å². The van der Waals surface area contributed by atoms with E-state index in [-0.39, 0.29) is 5.82 Å². The van der Waals surface area contributed by atoms with Crippen LogP contribution in [0.4, 0.5) is 4.39 Å². The molecule has 0 heterocycles. The average Bonchev–Trinajstić information content (AvgIpc) is 1.80. The molecular weight excluding hydrogens is 139 g/mol. The number of hydrogen-bond acceptors (Lipinski definition) is 0. The molecule has 1 radical (unpaired) electrons. The maximum absolute atomic E-state index is 12.4. The molecule has 0 aliphatic rings. The minimum atomic E-state index is -0.264. The maximum atomic E-state index is 12.4. The van der Waals surface area contributed by atoms with Gasteiger partial charge in [0, 0.05) is 11.1 Å². The van der Waals surface area contributed by atoms with Crippen LogP contribution in [0, 0.1) is 18.8 Å². The van der Waals surface area contributed by atoms with Crippen molar-refractivity contribution in [1.29, 1.82) is 0 Å². The van der Waals surface area contributed by atoms with Crippen LogP contribution in [0.2, 0.25) is 5.02 Å². The molecule has 0 spiro atoms. The highest BCUT2D eigenvalue weighted by Gasteiger charge is 1.94. The van der Waals surface area contributed by atoms with Crippen LogP contribution in [0.1, 0.15) is 5.56 Å². The van der Waals surface area contributed by atoms with Crippen molar-refractivity contribution in [2.75, 3.05) is 0 Å². The Labute approximate surface area is 58.3 Å². The van der Waals surface area contributed by atoms with Crippen molar-refractivity contribution in [3.63, 3.8) is 0 Å². The Hall–Kier alpha value is -0.560. The summed E-state index contributed by atoms with van der Waals surface area (Å²) in [6.45, 7) is 1.66. The number of aryl methyl sites for hydroxylation is 1. The Morgan fingerprint density at radius 1 is 1.67 bits per heavy atom. The summed E-state index contributed by atoms with van der Waals surface area (Å²) < 4.78 is 12.4. The first-order chi connectivity index (χ1) is 4.20. The molecule has 0 bridgehead atoms. The van der Waals surface area contributed by atoms with Crippen LogP contribution in [-0.2, 0) is 0 Å². The number of halogens is 2. The van der Waals surface area contributed by atoms with Crippen molar-refractivity contribution in [2.45, 2.75) is 6.92 Å². The first-order valence-electron chi connectivity index (χ1n) is 2.53. The van der Waals surface area contributed by atoms with E-state index >= 15 is 0 Å². The predicted octanol–water partition coefficient (Wildman–Crippen LogP) is 2.59. The molecule has 2 heteroatoms. The highest BCUT2D eigenvalue weighted by Crippen LogP contribution is 2.12. The van der Waals surface area contributed by atoms with Gasteiger partial charge >= 0.3 is 0 Å². The van der Waals surface area contributed by atoms with Gasteiger partial charge in [0.2, 0.25) is 0 Å². The molecule has 1 rings (SSSR count). The zero-order valence-corrected chi connectivity index (χ0v) is 5.67. The Bertz CT molecular complexity index is 220. The molecule has 0 fully saturated rings. The molecule has 0 aromatic heterocycles. The summed E-state index contributed by atoms with van der Waals surface area (Å²) in [6, 6.07) is 5.30. The smallest absolute Gasteiger partial charge is 0.126 e. The molecule has 47 valence electrons. The van der Waals surface area contributed by atoms with Crippen molar-refractivity contribution in [2.24, 2.45) is 0 Å². The normalized spacial score (nSPS) is 9.67.